The number of fused-ring (bicyclic) bond motifs is 2. The largest absolute Gasteiger partial charge is 0.354 e. The predicted molar refractivity (Wildman–Crippen MR) is 84.7 cm³/mol. The molecule has 1 N–H and O–H groups in total. The summed E-state index contributed by atoms with van der Waals surface area (Å²) in [5.41, 5.74) is 1.48. The Kier molecular flexibility index (Phi) is 4.50. The van der Waals surface area contributed by atoms with Gasteiger partial charge in [0.05, 0.1) is 0 Å². The molecule has 112 valence electrons. The second-order valence-electron chi connectivity index (χ2n) is 6.98. The highest BCUT2D eigenvalue weighted by Gasteiger charge is 2.39. The average Bonchev–Trinajstić information content (AvgIpc) is 3.14. The van der Waals surface area contributed by atoms with Gasteiger partial charge in [0.15, 0.2) is 0 Å². The summed E-state index contributed by atoms with van der Waals surface area (Å²) in [5.74, 6) is 3.05. The summed E-state index contributed by atoms with van der Waals surface area (Å²) in [4.78, 5) is 0. The fourth-order valence-corrected chi connectivity index (χ4v) is 4.57. The van der Waals surface area contributed by atoms with Crippen LogP contribution in [0, 0.1) is 17.8 Å². The highest BCUT2D eigenvalue weighted by Crippen LogP contribution is 2.48. The molecule has 1 aromatic rings. The molecule has 2 aliphatic rings. The predicted octanol–water partition coefficient (Wildman–Crippen LogP) is 4.38. The average molecular weight is 274 g/mol. The summed E-state index contributed by atoms with van der Waals surface area (Å²) in [5, 5.41) is 3.62. The first-order valence-electron chi connectivity index (χ1n) is 8.69. The van der Waals surface area contributed by atoms with Crippen LogP contribution in [-0.4, -0.2) is 11.1 Å². The standard InChI is InChI=1S/C18H30N2/c1-3-5-18(19-4-2)16-8-9-20(12-16)13-17-11-14-6-7-15(17)10-14/h8-9,12,14-15,17-19H,3-7,10-11,13H2,1-2H3. The quantitative estimate of drug-likeness (QED) is 0.781. The Balaban J connectivity index is 1.61. The zero-order chi connectivity index (χ0) is 13.9. The van der Waals surface area contributed by atoms with E-state index in [4.69, 9.17) is 0 Å². The van der Waals surface area contributed by atoms with Crippen LogP contribution in [0.15, 0.2) is 18.5 Å². The normalized spacial score (nSPS) is 30.0. The zero-order valence-electron chi connectivity index (χ0n) is 13.1. The minimum atomic E-state index is 0.547. The van der Waals surface area contributed by atoms with Gasteiger partial charge in [0, 0.05) is 25.0 Å². The number of nitrogens with zero attached hydrogens (tertiary/aromatic N) is 1. The summed E-state index contributed by atoms with van der Waals surface area (Å²) in [6.07, 6.45) is 13.2. The van der Waals surface area contributed by atoms with Crippen LogP contribution in [0.4, 0.5) is 0 Å². The van der Waals surface area contributed by atoms with E-state index in [9.17, 15) is 0 Å². The minimum Gasteiger partial charge on any atom is -0.354 e. The first kappa shape index (κ1) is 14.2. The lowest BCUT2D eigenvalue weighted by molar-refractivity contribution is 0.296. The molecule has 2 bridgehead atoms. The monoisotopic (exact) mass is 274 g/mol. The minimum absolute atomic E-state index is 0.547. The highest BCUT2D eigenvalue weighted by molar-refractivity contribution is 5.15. The van der Waals surface area contributed by atoms with Crippen molar-refractivity contribution in [2.75, 3.05) is 6.54 Å². The van der Waals surface area contributed by atoms with Gasteiger partial charge < -0.3 is 9.88 Å². The lowest BCUT2D eigenvalue weighted by Gasteiger charge is -2.22. The van der Waals surface area contributed by atoms with Crippen LogP contribution in [0.25, 0.3) is 0 Å². The van der Waals surface area contributed by atoms with Crippen molar-refractivity contribution in [2.45, 2.75) is 65.0 Å². The summed E-state index contributed by atoms with van der Waals surface area (Å²) in [7, 11) is 0. The van der Waals surface area contributed by atoms with E-state index in [-0.39, 0.29) is 0 Å². The van der Waals surface area contributed by atoms with E-state index in [2.05, 4.69) is 42.2 Å². The van der Waals surface area contributed by atoms with Gasteiger partial charge in [-0.1, -0.05) is 26.7 Å². The van der Waals surface area contributed by atoms with E-state index in [1.54, 1.807) is 0 Å². The Morgan fingerprint density at radius 1 is 1.30 bits per heavy atom. The SMILES string of the molecule is CCCC(NCC)c1ccn(CC2CC3CCC2C3)c1. The Morgan fingerprint density at radius 2 is 2.20 bits per heavy atom. The summed E-state index contributed by atoms with van der Waals surface area (Å²) < 4.78 is 2.46. The van der Waals surface area contributed by atoms with Gasteiger partial charge in [-0.3, -0.25) is 0 Å². The van der Waals surface area contributed by atoms with Crippen molar-refractivity contribution in [1.29, 1.82) is 0 Å². The Hall–Kier alpha value is -0.760. The molecule has 3 rings (SSSR count). The molecule has 0 saturated heterocycles. The van der Waals surface area contributed by atoms with Gasteiger partial charge in [-0.15, -0.1) is 0 Å². The molecular weight excluding hydrogens is 244 g/mol. The molecular formula is C18H30N2. The van der Waals surface area contributed by atoms with Crippen LogP contribution in [0.5, 0.6) is 0 Å². The maximum Gasteiger partial charge on any atom is 0.0335 e. The van der Waals surface area contributed by atoms with Crippen molar-refractivity contribution in [2.24, 2.45) is 17.8 Å². The number of aromatic nitrogens is 1. The molecule has 4 unspecified atom stereocenters. The van der Waals surface area contributed by atoms with Gasteiger partial charge in [-0.2, -0.15) is 0 Å². The molecule has 2 saturated carbocycles. The van der Waals surface area contributed by atoms with Gasteiger partial charge >= 0.3 is 0 Å². The Bertz CT molecular complexity index is 417. The number of nitrogens with one attached hydrogen (secondary N) is 1. The molecule has 2 heteroatoms. The lowest BCUT2D eigenvalue weighted by atomic mass is 9.89. The molecule has 2 fully saturated rings. The van der Waals surface area contributed by atoms with Gasteiger partial charge in [0.25, 0.3) is 0 Å². The van der Waals surface area contributed by atoms with E-state index in [0.717, 1.165) is 24.3 Å². The lowest BCUT2D eigenvalue weighted by Crippen LogP contribution is -2.20. The van der Waals surface area contributed by atoms with Crippen molar-refractivity contribution in [3.8, 4) is 0 Å². The number of hydrogen-bond acceptors (Lipinski definition) is 1. The molecule has 1 heterocycles. The van der Waals surface area contributed by atoms with Crippen LogP contribution in [0.2, 0.25) is 0 Å². The van der Waals surface area contributed by atoms with Crippen LogP contribution < -0.4 is 5.32 Å². The van der Waals surface area contributed by atoms with E-state index < -0.39 is 0 Å². The second kappa shape index (κ2) is 6.34. The zero-order valence-corrected chi connectivity index (χ0v) is 13.1. The topological polar surface area (TPSA) is 17.0 Å². The van der Waals surface area contributed by atoms with Gasteiger partial charge in [0.2, 0.25) is 0 Å². The number of rotatable bonds is 7. The van der Waals surface area contributed by atoms with Crippen molar-refractivity contribution >= 4 is 0 Å². The van der Waals surface area contributed by atoms with Crippen LogP contribution >= 0.6 is 0 Å². The van der Waals surface area contributed by atoms with E-state index in [1.807, 2.05) is 0 Å². The first-order valence-corrected chi connectivity index (χ1v) is 8.69. The smallest absolute Gasteiger partial charge is 0.0335 e. The molecule has 1 aromatic heterocycles. The van der Waals surface area contributed by atoms with E-state index >= 15 is 0 Å². The molecule has 4 atom stereocenters. The first-order chi connectivity index (χ1) is 9.80. The molecule has 20 heavy (non-hydrogen) atoms. The Labute approximate surface area is 123 Å². The molecule has 0 spiro atoms. The fraction of sp³-hybridized carbons (Fsp3) is 0.778. The molecule has 0 aliphatic heterocycles. The van der Waals surface area contributed by atoms with Crippen molar-refractivity contribution in [1.82, 2.24) is 9.88 Å². The fourth-order valence-electron chi connectivity index (χ4n) is 4.57. The molecule has 0 aromatic carbocycles. The van der Waals surface area contributed by atoms with Crippen molar-refractivity contribution in [3.05, 3.63) is 24.0 Å². The van der Waals surface area contributed by atoms with Crippen LogP contribution in [0.1, 0.15) is 64.0 Å². The maximum atomic E-state index is 3.62. The van der Waals surface area contributed by atoms with E-state index in [0.29, 0.717) is 6.04 Å². The molecule has 0 amide bonds. The second-order valence-corrected chi connectivity index (χ2v) is 6.98. The van der Waals surface area contributed by atoms with Crippen molar-refractivity contribution < 1.29 is 0 Å². The maximum absolute atomic E-state index is 3.62. The third-order valence-corrected chi connectivity index (χ3v) is 5.53. The van der Waals surface area contributed by atoms with Crippen LogP contribution in [-0.2, 0) is 6.54 Å². The summed E-state index contributed by atoms with van der Waals surface area (Å²) in [6.45, 7) is 6.79. The Morgan fingerprint density at radius 3 is 2.85 bits per heavy atom. The number of hydrogen-bond donors (Lipinski definition) is 1. The third-order valence-electron chi connectivity index (χ3n) is 5.53. The van der Waals surface area contributed by atoms with Gasteiger partial charge in [-0.05, 0) is 61.6 Å². The molecule has 2 nitrogen and oxygen atoms in total. The van der Waals surface area contributed by atoms with Crippen LogP contribution in [0.3, 0.4) is 0 Å². The van der Waals surface area contributed by atoms with E-state index in [1.165, 1.54) is 50.6 Å². The molecule has 2 aliphatic carbocycles. The van der Waals surface area contributed by atoms with Gasteiger partial charge in [0.1, 0.15) is 0 Å². The summed E-state index contributed by atoms with van der Waals surface area (Å²) in [6, 6.07) is 2.88. The van der Waals surface area contributed by atoms with Crippen molar-refractivity contribution in [3.63, 3.8) is 0 Å². The third kappa shape index (κ3) is 2.95. The summed E-state index contributed by atoms with van der Waals surface area (Å²) >= 11 is 0. The highest BCUT2D eigenvalue weighted by atomic mass is 15.0. The van der Waals surface area contributed by atoms with Gasteiger partial charge in [-0.25, -0.2) is 0 Å². The molecule has 0 radical (unpaired) electrons.